The number of rotatable bonds is 4. The zero-order valence-electron chi connectivity index (χ0n) is 10.3. The van der Waals surface area contributed by atoms with Crippen molar-refractivity contribution in [2.45, 2.75) is 13.1 Å². The molecule has 1 aromatic heterocycles. The van der Waals surface area contributed by atoms with Crippen LogP contribution in [0, 0.1) is 5.82 Å². The lowest BCUT2D eigenvalue weighted by molar-refractivity contribution is 0.625. The van der Waals surface area contributed by atoms with Crippen molar-refractivity contribution in [1.29, 1.82) is 0 Å². The highest BCUT2D eigenvalue weighted by molar-refractivity contribution is 5.53. The summed E-state index contributed by atoms with van der Waals surface area (Å²) in [5.74, 6) is -0.256. The van der Waals surface area contributed by atoms with Crippen LogP contribution < -0.4 is 10.6 Å². The molecule has 0 aliphatic heterocycles. The first-order chi connectivity index (χ1) is 8.70. The van der Waals surface area contributed by atoms with Crippen LogP contribution in [-0.4, -0.2) is 12.0 Å². The van der Waals surface area contributed by atoms with Gasteiger partial charge in [0.25, 0.3) is 0 Å². The summed E-state index contributed by atoms with van der Waals surface area (Å²) in [7, 11) is 1.96. The van der Waals surface area contributed by atoms with E-state index >= 15 is 0 Å². The van der Waals surface area contributed by atoms with Gasteiger partial charge in [-0.05, 0) is 35.4 Å². The van der Waals surface area contributed by atoms with E-state index in [1.165, 1.54) is 12.1 Å². The van der Waals surface area contributed by atoms with Crippen LogP contribution in [0.2, 0.25) is 0 Å². The van der Waals surface area contributed by atoms with Gasteiger partial charge in [0.05, 0.1) is 0 Å². The molecular formula is C14H16FN3. The fourth-order valence-corrected chi connectivity index (χ4v) is 1.94. The van der Waals surface area contributed by atoms with Gasteiger partial charge >= 0.3 is 0 Å². The van der Waals surface area contributed by atoms with Crippen molar-refractivity contribution in [3.8, 4) is 0 Å². The summed E-state index contributed by atoms with van der Waals surface area (Å²) in [4.78, 5) is 6.12. The molecule has 0 amide bonds. The van der Waals surface area contributed by atoms with Gasteiger partial charge in [-0.1, -0.05) is 6.07 Å². The maximum Gasteiger partial charge on any atom is 0.123 e. The molecule has 2 N–H and O–H groups in total. The average molecular weight is 245 g/mol. The third kappa shape index (κ3) is 2.84. The number of hydrogen-bond donors (Lipinski definition) is 1. The van der Waals surface area contributed by atoms with Gasteiger partial charge in [-0.15, -0.1) is 0 Å². The molecule has 2 rings (SSSR count). The molecule has 1 aromatic carbocycles. The Hall–Kier alpha value is -1.94. The van der Waals surface area contributed by atoms with E-state index in [0.717, 1.165) is 16.8 Å². The first-order valence-corrected chi connectivity index (χ1v) is 5.79. The quantitative estimate of drug-likeness (QED) is 0.898. The Morgan fingerprint density at radius 3 is 2.83 bits per heavy atom. The number of pyridine rings is 1. The highest BCUT2D eigenvalue weighted by Crippen LogP contribution is 2.21. The molecule has 0 atom stereocenters. The predicted octanol–water partition coefficient (Wildman–Crippen LogP) is 2.32. The van der Waals surface area contributed by atoms with Gasteiger partial charge in [0.2, 0.25) is 0 Å². The predicted molar refractivity (Wildman–Crippen MR) is 70.6 cm³/mol. The second kappa shape index (κ2) is 5.60. The van der Waals surface area contributed by atoms with E-state index in [0.29, 0.717) is 13.1 Å². The summed E-state index contributed by atoms with van der Waals surface area (Å²) in [5.41, 5.74) is 8.50. The zero-order valence-corrected chi connectivity index (χ0v) is 10.3. The number of nitrogens with two attached hydrogens (primary N) is 1. The van der Waals surface area contributed by atoms with E-state index in [1.54, 1.807) is 12.3 Å². The van der Waals surface area contributed by atoms with Crippen LogP contribution in [0.4, 0.5) is 10.1 Å². The van der Waals surface area contributed by atoms with Gasteiger partial charge in [-0.3, -0.25) is 4.98 Å². The second-order valence-electron chi connectivity index (χ2n) is 4.19. The SMILES string of the molecule is CN(Cc1cccnc1)c1ccc(F)cc1CN. The molecule has 18 heavy (non-hydrogen) atoms. The fourth-order valence-electron chi connectivity index (χ4n) is 1.94. The van der Waals surface area contributed by atoms with Gasteiger partial charge in [-0.25, -0.2) is 4.39 Å². The summed E-state index contributed by atoms with van der Waals surface area (Å²) in [6.07, 6.45) is 3.56. The second-order valence-corrected chi connectivity index (χ2v) is 4.19. The normalized spacial score (nSPS) is 10.4. The topological polar surface area (TPSA) is 42.2 Å². The highest BCUT2D eigenvalue weighted by atomic mass is 19.1. The lowest BCUT2D eigenvalue weighted by atomic mass is 10.1. The number of benzene rings is 1. The number of nitrogens with zero attached hydrogens (tertiary/aromatic N) is 2. The van der Waals surface area contributed by atoms with Crippen LogP contribution in [0.25, 0.3) is 0 Å². The van der Waals surface area contributed by atoms with Crippen molar-refractivity contribution in [3.63, 3.8) is 0 Å². The molecule has 0 saturated heterocycles. The lowest BCUT2D eigenvalue weighted by Crippen LogP contribution is -2.19. The van der Waals surface area contributed by atoms with Gasteiger partial charge < -0.3 is 10.6 Å². The molecular weight excluding hydrogens is 229 g/mol. The van der Waals surface area contributed by atoms with Crippen LogP contribution in [-0.2, 0) is 13.1 Å². The van der Waals surface area contributed by atoms with E-state index in [1.807, 2.05) is 30.3 Å². The molecule has 2 aromatic rings. The standard InChI is InChI=1S/C14H16FN3/c1-18(10-11-3-2-6-17-9-11)14-5-4-13(15)7-12(14)8-16/h2-7,9H,8,10,16H2,1H3. The van der Waals surface area contributed by atoms with E-state index in [2.05, 4.69) is 4.98 Å². The van der Waals surface area contributed by atoms with Crippen LogP contribution in [0.1, 0.15) is 11.1 Å². The number of anilines is 1. The van der Waals surface area contributed by atoms with Crippen molar-refractivity contribution in [1.82, 2.24) is 4.98 Å². The molecule has 0 fully saturated rings. The minimum absolute atomic E-state index is 0.256. The molecule has 0 aliphatic rings. The van der Waals surface area contributed by atoms with Gasteiger partial charge in [0, 0.05) is 38.2 Å². The Balaban J connectivity index is 2.21. The molecule has 0 spiro atoms. The van der Waals surface area contributed by atoms with Crippen LogP contribution in [0.3, 0.4) is 0 Å². The van der Waals surface area contributed by atoms with Gasteiger partial charge in [0.1, 0.15) is 5.82 Å². The van der Waals surface area contributed by atoms with Gasteiger partial charge in [0.15, 0.2) is 0 Å². The monoisotopic (exact) mass is 245 g/mol. The molecule has 1 heterocycles. The van der Waals surface area contributed by atoms with Crippen molar-refractivity contribution < 1.29 is 4.39 Å². The van der Waals surface area contributed by atoms with Crippen molar-refractivity contribution in [2.75, 3.05) is 11.9 Å². The highest BCUT2D eigenvalue weighted by Gasteiger charge is 2.08. The van der Waals surface area contributed by atoms with E-state index in [9.17, 15) is 4.39 Å². The zero-order chi connectivity index (χ0) is 13.0. The smallest absolute Gasteiger partial charge is 0.123 e. The Bertz CT molecular complexity index is 514. The van der Waals surface area contributed by atoms with E-state index in [4.69, 9.17) is 5.73 Å². The van der Waals surface area contributed by atoms with E-state index in [-0.39, 0.29) is 5.82 Å². The molecule has 0 saturated carbocycles. The fraction of sp³-hybridized carbons (Fsp3) is 0.214. The Labute approximate surface area is 106 Å². The summed E-state index contributed by atoms with van der Waals surface area (Å²) in [6, 6.07) is 8.60. The first kappa shape index (κ1) is 12.5. The average Bonchev–Trinajstić information content (AvgIpc) is 2.39. The van der Waals surface area contributed by atoms with Crippen molar-refractivity contribution >= 4 is 5.69 Å². The molecule has 0 aliphatic carbocycles. The third-order valence-corrected chi connectivity index (χ3v) is 2.82. The summed E-state index contributed by atoms with van der Waals surface area (Å²) in [6.45, 7) is 1.04. The molecule has 0 unspecified atom stereocenters. The molecule has 0 bridgehead atoms. The minimum Gasteiger partial charge on any atom is -0.370 e. The molecule has 4 heteroatoms. The number of halogens is 1. The molecule has 3 nitrogen and oxygen atoms in total. The third-order valence-electron chi connectivity index (χ3n) is 2.82. The lowest BCUT2D eigenvalue weighted by Gasteiger charge is -2.22. The first-order valence-electron chi connectivity index (χ1n) is 5.79. The van der Waals surface area contributed by atoms with Crippen molar-refractivity contribution in [2.24, 2.45) is 5.73 Å². The number of aromatic nitrogens is 1. The summed E-state index contributed by atoms with van der Waals surface area (Å²) >= 11 is 0. The van der Waals surface area contributed by atoms with E-state index < -0.39 is 0 Å². The molecule has 94 valence electrons. The Kier molecular flexibility index (Phi) is 3.89. The van der Waals surface area contributed by atoms with Crippen molar-refractivity contribution in [3.05, 3.63) is 59.7 Å². The molecule has 0 radical (unpaired) electrons. The summed E-state index contributed by atoms with van der Waals surface area (Å²) in [5, 5.41) is 0. The maximum atomic E-state index is 13.1. The number of hydrogen-bond acceptors (Lipinski definition) is 3. The Morgan fingerprint density at radius 2 is 2.17 bits per heavy atom. The maximum absolute atomic E-state index is 13.1. The largest absolute Gasteiger partial charge is 0.370 e. The minimum atomic E-state index is -0.256. The summed E-state index contributed by atoms with van der Waals surface area (Å²) < 4.78 is 13.1. The Morgan fingerprint density at radius 1 is 1.33 bits per heavy atom. The van der Waals surface area contributed by atoms with Crippen LogP contribution in [0.15, 0.2) is 42.7 Å². The van der Waals surface area contributed by atoms with Gasteiger partial charge in [-0.2, -0.15) is 0 Å². The van der Waals surface area contributed by atoms with Crippen LogP contribution >= 0.6 is 0 Å². The van der Waals surface area contributed by atoms with Crippen LogP contribution in [0.5, 0.6) is 0 Å².